The maximum absolute atomic E-state index is 13.1. The van der Waals surface area contributed by atoms with E-state index in [0.717, 1.165) is 39.9 Å². The molecule has 14 heteroatoms. The second-order valence-corrected chi connectivity index (χ2v) is 12.1. The first kappa shape index (κ1) is 31.9. The van der Waals surface area contributed by atoms with Gasteiger partial charge in [0.15, 0.2) is 11.0 Å². The first-order valence-electron chi connectivity index (χ1n) is 13.4. The fourth-order valence-corrected chi connectivity index (χ4v) is 6.63. The van der Waals surface area contributed by atoms with Gasteiger partial charge in [0.25, 0.3) is 5.91 Å². The van der Waals surface area contributed by atoms with Gasteiger partial charge in [-0.2, -0.15) is 0 Å². The standard InChI is InChI=1S/C29H31N5O6S3/c1-6-39-27(37)23-18(5)24(28(38)40-7-2)43-26(23)31-22(35)15-42-29-33-32-21(14-30-25(36)20-12-9-13-41-20)34(29)19-11-8-10-16(3)17(19)4/h8-13H,6-7,14-15H2,1-5H3,(H,30,36)(H,31,35). The van der Waals surface area contributed by atoms with Crippen molar-refractivity contribution in [3.8, 4) is 5.69 Å². The number of ether oxygens (including phenoxy) is 2. The Balaban J connectivity index is 1.57. The number of anilines is 1. The predicted octanol–water partition coefficient (Wildman–Crippen LogP) is 5.33. The highest BCUT2D eigenvalue weighted by atomic mass is 32.2. The summed E-state index contributed by atoms with van der Waals surface area (Å²) in [6.45, 7) is 9.39. The molecule has 0 atom stereocenters. The van der Waals surface area contributed by atoms with Crippen molar-refractivity contribution >= 4 is 63.2 Å². The summed E-state index contributed by atoms with van der Waals surface area (Å²) in [6.07, 6.45) is 0. The second kappa shape index (κ2) is 14.4. The quantitative estimate of drug-likeness (QED) is 0.155. The zero-order valence-electron chi connectivity index (χ0n) is 24.3. The number of benzene rings is 1. The zero-order chi connectivity index (χ0) is 31.1. The Hall–Kier alpha value is -4.01. The number of thiophene rings is 2. The third kappa shape index (κ3) is 7.32. The summed E-state index contributed by atoms with van der Waals surface area (Å²) in [5, 5.41) is 16.8. The fraction of sp³-hybridized carbons (Fsp3) is 0.310. The molecule has 226 valence electrons. The molecule has 43 heavy (non-hydrogen) atoms. The molecule has 0 aliphatic carbocycles. The smallest absolute Gasteiger partial charge is 0.348 e. The number of aryl methyl sites for hydroxylation is 1. The highest BCUT2D eigenvalue weighted by molar-refractivity contribution is 7.99. The molecule has 0 bridgehead atoms. The number of thioether (sulfide) groups is 1. The van der Waals surface area contributed by atoms with Gasteiger partial charge in [0.2, 0.25) is 5.91 Å². The van der Waals surface area contributed by atoms with Crippen LogP contribution in [0.2, 0.25) is 0 Å². The van der Waals surface area contributed by atoms with Crippen LogP contribution in [0.15, 0.2) is 40.9 Å². The predicted molar refractivity (Wildman–Crippen MR) is 167 cm³/mol. The van der Waals surface area contributed by atoms with Gasteiger partial charge >= 0.3 is 11.9 Å². The summed E-state index contributed by atoms with van der Waals surface area (Å²) in [4.78, 5) is 51.7. The molecule has 2 amide bonds. The SMILES string of the molecule is CCOC(=O)c1sc(NC(=O)CSc2nnc(CNC(=O)c3cccs3)n2-c2cccc(C)c2C)c(C(=O)OCC)c1C. The van der Waals surface area contributed by atoms with E-state index in [2.05, 4.69) is 20.8 Å². The van der Waals surface area contributed by atoms with Crippen LogP contribution in [-0.4, -0.2) is 57.5 Å². The molecule has 3 aromatic heterocycles. The second-order valence-electron chi connectivity index (χ2n) is 9.15. The number of amides is 2. The van der Waals surface area contributed by atoms with E-state index in [4.69, 9.17) is 9.47 Å². The van der Waals surface area contributed by atoms with Crippen molar-refractivity contribution in [2.24, 2.45) is 0 Å². The van der Waals surface area contributed by atoms with Crippen LogP contribution >= 0.6 is 34.4 Å². The first-order valence-corrected chi connectivity index (χ1v) is 16.1. The van der Waals surface area contributed by atoms with Crippen LogP contribution in [0.25, 0.3) is 5.69 Å². The molecule has 3 heterocycles. The van der Waals surface area contributed by atoms with Crippen molar-refractivity contribution in [2.45, 2.75) is 46.3 Å². The lowest BCUT2D eigenvalue weighted by molar-refractivity contribution is -0.113. The van der Waals surface area contributed by atoms with Crippen molar-refractivity contribution in [1.82, 2.24) is 20.1 Å². The summed E-state index contributed by atoms with van der Waals surface area (Å²) in [5.41, 5.74) is 3.39. The monoisotopic (exact) mass is 641 g/mol. The van der Waals surface area contributed by atoms with E-state index in [1.807, 2.05) is 48.1 Å². The van der Waals surface area contributed by atoms with Crippen LogP contribution in [0.3, 0.4) is 0 Å². The van der Waals surface area contributed by atoms with Crippen LogP contribution in [0, 0.1) is 20.8 Å². The minimum Gasteiger partial charge on any atom is -0.462 e. The number of hydrogen-bond acceptors (Lipinski definition) is 11. The van der Waals surface area contributed by atoms with Gasteiger partial charge in [-0.25, -0.2) is 9.59 Å². The molecule has 4 rings (SSSR count). The lowest BCUT2D eigenvalue weighted by Crippen LogP contribution is -2.24. The van der Waals surface area contributed by atoms with Crippen LogP contribution in [0.1, 0.15) is 66.1 Å². The fourth-order valence-electron chi connectivity index (χ4n) is 4.12. The molecule has 11 nitrogen and oxygen atoms in total. The van der Waals surface area contributed by atoms with Crippen molar-refractivity contribution in [3.63, 3.8) is 0 Å². The lowest BCUT2D eigenvalue weighted by atomic mass is 10.1. The Morgan fingerprint density at radius 1 is 0.953 bits per heavy atom. The van der Waals surface area contributed by atoms with Crippen molar-refractivity contribution in [1.29, 1.82) is 0 Å². The van der Waals surface area contributed by atoms with E-state index >= 15 is 0 Å². The zero-order valence-corrected chi connectivity index (χ0v) is 26.8. The maximum Gasteiger partial charge on any atom is 0.348 e. The third-order valence-corrected chi connectivity index (χ3v) is 9.33. The Kier molecular flexibility index (Phi) is 10.7. The summed E-state index contributed by atoms with van der Waals surface area (Å²) in [5.74, 6) is -1.43. The molecule has 2 N–H and O–H groups in total. The van der Waals surface area contributed by atoms with Gasteiger partial charge in [-0.1, -0.05) is 30.0 Å². The Morgan fingerprint density at radius 2 is 1.70 bits per heavy atom. The topological polar surface area (TPSA) is 142 Å². The van der Waals surface area contributed by atoms with Gasteiger partial charge in [0, 0.05) is 0 Å². The Morgan fingerprint density at radius 3 is 2.40 bits per heavy atom. The van der Waals surface area contributed by atoms with Gasteiger partial charge in [-0.3, -0.25) is 14.2 Å². The molecule has 1 aromatic carbocycles. The largest absolute Gasteiger partial charge is 0.462 e. The summed E-state index contributed by atoms with van der Waals surface area (Å²) in [7, 11) is 0. The van der Waals surface area contributed by atoms with Gasteiger partial charge < -0.3 is 20.1 Å². The minimum atomic E-state index is -0.640. The average molecular weight is 642 g/mol. The maximum atomic E-state index is 13.1. The van der Waals surface area contributed by atoms with Crippen molar-refractivity contribution < 1.29 is 28.7 Å². The Bertz CT molecular complexity index is 1640. The van der Waals surface area contributed by atoms with E-state index in [1.165, 1.54) is 11.3 Å². The summed E-state index contributed by atoms with van der Waals surface area (Å²) >= 11 is 3.46. The first-order chi connectivity index (χ1) is 20.7. The molecule has 4 aromatic rings. The van der Waals surface area contributed by atoms with E-state index in [1.54, 1.807) is 26.8 Å². The number of aromatic nitrogens is 3. The van der Waals surface area contributed by atoms with Gasteiger partial charge in [-0.15, -0.1) is 32.9 Å². The van der Waals surface area contributed by atoms with Crippen LogP contribution < -0.4 is 10.6 Å². The van der Waals surface area contributed by atoms with Gasteiger partial charge in [-0.05, 0) is 68.8 Å². The van der Waals surface area contributed by atoms with E-state index in [-0.39, 0.29) is 46.9 Å². The molecule has 0 spiro atoms. The molecule has 0 aliphatic heterocycles. The number of esters is 2. The number of nitrogens with one attached hydrogen (secondary N) is 2. The van der Waals surface area contributed by atoms with Gasteiger partial charge in [0.05, 0.1) is 41.6 Å². The number of carbonyl (C=O) groups is 4. The highest BCUT2D eigenvalue weighted by Crippen LogP contribution is 2.35. The lowest BCUT2D eigenvalue weighted by Gasteiger charge is -2.14. The molecular weight excluding hydrogens is 611 g/mol. The Labute approximate surface area is 261 Å². The summed E-state index contributed by atoms with van der Waals surface area (Å²) < 4.78 is 12.1. The third-order valence-electron chi connectivity index (χ3n) is 6.34. The molecule has 0 unspecified atom stereocenters. The van der Waals surface area contributed by atoms with Crippen molar-refractivity contribution in [3.05, 3.63) is 73.5 Å². The number of rotatable bonds is 12. The van der Waals surface area contributed by atoms with Crippen LogP contribution in [0.4, 0.5) is 5.00 Å². The minimum absolute atomic E-state index is 0.0709. The van der Waals surface area contributed by atoms with E-state index < -0.39 is 17.8 Å². The van der Waals surface area contributed by atoms with E-state index in [9.17, 15) is 19.2 Å². The number of nitrogens with zero attached hydrogens (tertiary/aromatic N) is 3. The number of hydrogen-bond donors (Lipinski definition) is 2. The molecule has 0 fully saturated rings. The van der Waals surface area contributed by atoms with Gasteiger partial charge in [0.1, 0.15) is 9.88 Å². The molecule has 0 radical (unpaired) electrons. The average Bonchev–Trinajstić information content (AvgIpc) is 3.72. The normalized spacial score (nSPS) is 10.8. The van der Waals surface area contributed by atoms with Crippen LogP contribution in [-0.2, 0) is 20.8 Å². The molecule has 0 saturated heterocycles. The molecule has 0 aliphatic rings. The molecule has 0 saturated carbocycles. The van der Waals surface area contributed by atoms with E-state index in [0.29, 0.717) is 21.4 Å². The van der Waals surface area contributed by atoms with Crippen LogP contribution in [0.5, 0.6) is 0 Å². The highest BCUT2D eigenvalue weighted by Gasteiger charge is 2.28. The van der Waals surface area contributed by atoms with Crippen molar-refractivity contribution in [2.75, 3.05) is 24.3 Å². The molecular formula is C29H31N5O6S3. The number of carbonyl (C=O) groups excluding carboxylic acids is 4. The summed E-state index contributed by atoms with van der Waals surface area (Å²) in [6, 6.07) is 9.40.